The standard InChI is InChI=1S/C18H25N3O2S/c1-4-9-21(5-2)16-7-6-14(11-19-16)17(22)20-13-18(3,23)15-8-10-24-12-15/h6-8,10-12,23H,4-5,9,13H2,1-3H3,(H,20,22). The van der Waals surface area contributed by atoms with Gasteiger partial charge in [0.2, 0.25) is 0 Å². The zero-order valence-corrected chi connectivity index (χ0v) is 15.3. The minimum absolute atomic E-state index is 0.154. The molecule has 0 aromatic carbocycles. The number of hydrogen-bond donors (Lipinski definition) is 2. The molecule has 5 nitrogen and oxygen atoms in total. The number of hydrogen-bond acceptors (Lipinski definition) is 5. The molecule has 1 amide bonds. The van der Waals surface area contributed by atoms with E-state index in [1.165, 1.54) is 11.3 Å². The number of amides is 1. The summed E-state index contributed by atoms with van der Waals surface area (Å²) < 4.78 is 0. The van der Waals surface area contributed by atoms with Crippen molar-refractivity contribution in [2.45, 2.75) is 32.8 Å². The van der Waals surface area contributed by atoms with Crippen LogP contribution in [0.3, 0.4) is 0 Å². The van der Waals surface area contributed by atoms with Crippen molar-refractivity contribution in [3.8, 4) is 0 Å². The van der Waals surface area contributed by atoms with E-state index in [2.05, 4.69) is 29.0 Å². The van der Waals surface area contributed by atoms with E-state index < -0.39 is 5.60 Å². The maximum atomic E-state index is 12.3. The Morgan fingerprint density at radius 3 is 2.71 bits per heavy atom. The summed E-state index contributed by atoms with van der Waals surface area (Å²) in [6.45, 7) is 7.89. The number of nitrogens with zero attached hydrogens (tertiary/aromatic N) is 2. The number of nitrogens with one attached hydrogen (secondary N) is 1. The van der Waals surface area contributed by atoms with Crippen LogP contribution in [-0.2, 0) is 5.60 Å². The maximum Gasteiger partial charge on any atom is 0.252 e. The third-order valence-electron chi connectivity index (χ3n) is 3.95. The molecule has 0 fully saturated rings. The van der Waals surface area contributed by atoms with Gasteiger partial charge >= 0.3 is 0 Å². The van der Waals surface area contributed by atoms with Crippen LogP contribution in [0.2, 0.25) is 0 Å². The van der Waals surface area contributed by atoms with E-state index in [1.807, 2.05) is 22.9 Å². The first-order valence-corrected chi connectivity index (χ1v) is 9.16. The number of pyridine rings is 1. The molecule has 2 rings (SSSR count). The fourth-order valence-electron chi connectivity index (χ4n) is 2.44. The van der Waals surface area contributed by atoms with Gasteiger partial charge in [-0.1, -0.05) is 6.92 Å². The summed E-state index contributed by atoms with van der Waals surface area (Å²) in [4.78, 5) is 18.8. The predicted octanol–water partition coefficient (Wildman–Crippen LogP) is 3.02. The van der Waals surface area contributed by atoms with Crippen molar-refractivity contribution >= 4 is 23.1 Å². The third kappa shape index (κ3) is 4.55. The van der Waals surface area contributed by atoms with Crippen molar-refractivity contribution < 1.29 is 9.90 Å². The highest BCUT2D eigenvalue weighted by Crippen LogP contribution is 2.22. The Kier molecular flexibility index (Phi) is 6.34. The van der Waals surface area contributed by atoms with Gasteiger partial charge in [0, 0.05) is 19.3 Å². The summed E-state index contributed by atoms with van der Waals surface area (Å²) in [6, 6.07) is 5.50. The second-order valence-electron chi connectivity index (χ2n) is 5.95. The average molecular weight is 347 g/mol. The number of anilines is 1. The second kappa shape index (κ2) is 8.26. The number of carbonyl (C=O) groups is 1. The molecule has 0 aliphatic carbocycles. The minimum atomic E-state index is -1.08. The number of aliphatic hydroxyl groups is 1. The van der Waals surface area contributed by atoms with Crippen LogP contribution < -0.4 is 10.2 Å². The molecule has 24 heavy (non-hydrogen) atoms. The topological polar surface area (TPSA) is 65.5 Å². The first-order chi connectivity index (χ1) is 11.5. The van der Waals surface area contributed by atoms with Crippen molar-refractivity contribution in [1.82, 2.24) is 10.3 Å². The summed E-state index contributed by atoms with van der Waals surface area (Å²) in [5.74, 6) is 0.643. The van der Waals surface area contributed by atoms with Crippen LogP contribution in [-0.4, -0.2) is 35.6 Å². The summed E-state index contributed by atoms with van der Waals surface area (Å²) in [5, 5.41) is 17.0. The molecule has 6 heteroatoms. The smallest absolute Gasteiger partial charge is 0.252 e. The maximum absolute atomic E-state index is 12.3. The SMILES string of the molecule is CCCN(CC)c1ccc(C(=O)NCC(C)(O)c2ccsc2)cn1. The summed E-state index contributed by atoms with van der Waals surface area (Å²) in [6.07, 6.45) is 2.64. The van der Waals surface area contributed by atoms with E-state index in [1.54, 1.807) is 19.2 Å². The zero-order chi connectivity index (χ0) is 17.6. The van der Waals surface area contributed by atoms with Crippen LogP contribution in [0.5, 0.6) is 0 Å². The van der Waals surface area contributed by atoms with Gasteiger partial charge in [-0.2, -0.15) is 11.3 Å². The molecule has 2 aromatic rings. The van der Waals surface area contributed by atoms with Crippen LogP contribution in [0.1, 0.15) is 43.1 Å². The fraction of sp³-hybridized carbons (Fsp3) is 0.444. The van der Waals surface area contributed by atoms with Crippen molar-refractivity contribution in [2.75, 3.05) is 24.5 Å². The minimum Gasteiger partial charge on any atom is -0.384 e. The van der Waals surface area contributed by atoms with Gasteiger partial charge in [0.25, 0.3) is 5.91 Å². The van der Waals surface area contributed by atoms with Gasteiger partial charge < -0.3 is 15.3 Å². The van der Waals surface area contributed by atoms with E-state index in [4.69, 9.17) is 0 Å². The molecule has 2 aromatic heterocycles. The van der Waals surface area contributed by atoms with Gasteiger partial charge in [-0.05, 0) is 54.8 Å². The fourth-order valence-corrected chi connectivity index (χ4v) is 3.22. The second-order valence-corrected chi connectivity index (χ2v) is 6.73. The third-order valence-corrected chi connectivity index (χ3v) is 4.63. The highest BCUT2D eigenvalue weighted by molar-refractivity contribution is 7.08. The lowest BCUT2D eigenvalue weighted by atomic mass is 9.99. The Labute approximate surface area is 147 Å². The molecule has 0 aliphatic rings. The monoisotopic (exact) mass is 347 g/mol. The Morgan fingerprint density at radius 2 is 2.17 bits per heavy atom. The van der Waals surface area contributed by atoms with Gasteiger partial charge in [-0.15, -0.1) is 0 Å². The van der Waals surface area contributed by atoms with Crippen molar-refractivity contribution in [3.05, 3.63) is 46.3 Å². The van der Waals surface area contributed by atoms with Crippen molar-refractivity contribution in [2.24, 2.45) is 0 Å². The first kappa shape index (κ1) is 18.4. The molecule has 0 saturated heterocycles. The van der Waals surface area contributed by atoms with E-state index in [-0.39, 0.29) is 12.5 Å². The Balaban J connectivity index is 1.97. The highest BCUT2D eigenvalue weighted by Gasteiger charge is 2.24. The molecule has 1 atom stereocenters. The van der Waals surface area contributed by atoms with E-state index in [0.29, 0.717) is 5.56 Å². The summed E-state index contributed by atoms with van der Waals surface area (Å²) in [7, 11) is 0. The number of rotatable bonds is 8. The largest absolute Gasteiger partial charge is 0.384 e. The molecule has 0 spiro atoms. The van der Waals surface area contributed by atoms with E-state index >= 15 is 0 Å². The average Bonchev–Trinajstić information content (AvgIpc) is 3.13. The Morgan fingerprint density at radius 1 is 1.38 bits per heavy atom. The lowest BCUT2D eigenvalue weighted by Crippen LogP contribution is -2.38. The van der Waals surface area contributed by atoms with Crippen molar-refractivity contribution in [1.29, 1.82) is 0 Å². The molecule has 2 heterocycles. The summed E-state index contributed by atoms with van der Waals surface area (Å²) in [5.41, 5.74) is 0.218. The molecule has 0 bridgehead atoms. The molecule has 0 radical (unpaired) electrons. The number of aromatic nitrogens is 1. The predicted molar refractivity (Wildman–Crippen MR) is 98.6 cm³/mol. The molecule has 0 aliphatic heterocycles. The zero-order valence-electron chi connectivity index (χ0n) is 14.5. The van der Waals surface area contributed by atoms with Crippen LogP contribution in [0, 0.1) is 0 Å². The van der Waals surface area contributed by atoms with Crippen molar-refractivity contribution in [3.63, 3.8) is 0 Å². The van der Waals surface area contributed by atoms with Crippen LogP contribution in [0.25, 0.3) is 0 Å². The van der Waals surface area contributed by atoms with Gasteiger partial charge in [0.1, 0.15) is 11.4 Å². The van der Waals surface area contributed by atoms with Crippen LogP contribution >= 0.6 is 11.3 Å². The van der Waals surface area contributed by atoms with Crippen LogP contribution in [0.4, 0.5) is 5.82 Å². The van der Waals surface area contributed by atoms with Gasteiger partial charge in [0.05, 0.1) is 12.1 Å². The number of carbonyl (C=O) groups excluding carboxylic acids is 1. The quantitative estimate of drug-likeness (QED) is 0.770. The Hall–Kier alpha value is -1.92. The van der Waals surface area contributed by atoms with Gasteiger partial charge in [-0.3, -0.25) is 4.79 Å². The lowest BCUT2D eigenvalue weighted by molar-refractivity contribution is 0.0530. The van der Waals surface area contributed by atoms with Gasteiger partial charge in [-0.25, -0.2) is 4.98 Å². The van der Waals surface area contributed by atoms with Gasteiger partial charge in [0.15, 0.2) is 0 Å². The highest BCUT2D eigenvalue weighted by atomic mass is 32.1. The normalized spacial score (nSPS) is 13.3. The first-order valence-electron chi connectivity index (χ1n) is 8.22. The van der Waals surface area contributed by atoms with E-state index in [0.717, 1.165) is 30.9 Å². The lowest BCUT2D eigenvalue weighted by Gasteiger charge is -2.23. The molecule has 0 saturated carbocycles. The summed E-state index contributed by atoms with van der Waals surface area (Å²) >= 11 is 1.52. The molecule has 130 valence electrons. The Bertz CT molecular complexity index is 639. The van der Waals surface area contributed by atoms with E-state index in [9.17, 15) is 9.90 Å². The molecular formula is C18H25N3O2S. The molecule has 2 N–H and O–H groups in total. The molecule has 1 unspecified atom stereocenters. The number of thiophene rings is 1. The van der Waals surface area contributed by atoms with Crippen LogP contribution in [0.15, 0.2) is 35.2 Å². The molecular weight excluding hydrogens is 322 g/mol.